The van der Waals surface area contributed by atoms with Gasteiger partial charge in [-0.25, -0.2) is 33.7 Å². The molecule has 9 atom stereocenters. The molecule has 36 nitrogen and oxygen atoms in total. The third-order valence-electron chi connectivity index (χ3n) is 16.0. The number of hydrogen-bond donors (Lipinski definition) is 6. The van der Waals surface area contributed by atoms with Gasteiger partial charge in [0.05, 0.1) is 41.6 Å². The maximum Gasteiger partial charge on any atom is 0.509 e. The van der Waals surface area contributed by atoms with Crippen LogP contribution in [0.25, 0.3) is 0 Å². The molecule has 6 N–H and O–H groups in total. The summed E-state index contributed by atoms with van der Waals surface area (Å²) in [6.45, 7) is 19.7. The molecule has 7 rings (SSSR count). The third-order valence-corrected chi connectivity index (χ3v) is 16.0. The van der Waals surface area contributed by atoms with Crippen molar-refractivity contribution >= 4 is 94.6 Å². The van der Waals surface area contributed by atoms with Crippen LogP contribution in [0.5, 0.6) is 17.2 Å². The van der Waals surface area contributed by atoms with Crippen LogP contribution in [0, 0.1) is 16.0 Å². The number of fused-ring (bicyclic) bond motifs is 2. The molecule has 107 heavy (non-hydrogen) atoms. The molecule has 1 aromatic heterocycles. The fraction of sp³-hybridized carbons (Fsp3) is 0.394. The molecule has 0 bridgehead atoms. The number of anilines is 4. The first-order valence-electron chi connectivity index (χ1n) is 33.3. The van der Waals surface area contributed by atoms with E-state index in [0.29, 0.717) is 24.2 Å². The number of esters is 1. The van der Waals surface area contributed by atoms with Crippen molar-refractivity contribution < 1.29 is 124 Å². The quantitative estimate of drug-likeness (QED) is 0.00648. The second-order valence-corrected chi connectivity index (χ2v) is 24.0. The highest BCUT2D eigenvalue weighted by atomic mass is 16.8. The largest absolute Gasteiger partial charge is 0.509 e. The summed E-state index contributed by atoms with van der Waals surface area (Å²) in [6.07, 6.45) is -10.2. The molecule has 0 spiro atoms. The van der Waals surface area contributed by atoms with Gasteiger partial charge in [-0.3, -0.25) is 34.1 Å². The van der Waals surface area contributed by atoms with Crippen LogP contribution in [0.3, 0.4) is 0 Å². The SMILES string of the molecule is C=CCOC(=O)N[C@H](C(=O)N[C@@H](C)C(=O)Nc1ccc(NC(=O)c2cc(NC(=O)CCCOc3cc4c(cc3OC)C(=O)N3CCCC[C@H]3C(O)N4C(=O)OCc3ccc(O[C@@H]4O[C@H](C(=O)OCC=C)[C@@H](OC(=O)OCC=C)[C@H](OC(=O)OCC=C)[C@H]4OC(=O)OCC=C)c([N+](=O)[O-])c3)cn2C)cc1)C(C)C. The van der Waals surface area contributed by atoms with E-state index in [1.54, 1.807) is 20.9 Å². The Hall–Kier alpha value is -12.5. The van der Waals surface area contributed by atoms with Gasteiger partial charge in [-0.05, 0) is 86.6 Å². The highest BCUT2D eigenvalue weighted by Crippen LogP contribution is 2.42. The van der Waals surface area contributed by atoms with E-state index in [1.807, 2.05) is 0 Å². The summed E-state index contributed by atoms with van der Waals surface area (Å²) >= 11 is 0. The molecular weight excluding hydrogens is 1410 g/mol. The number of nitro benzene ring substituents is 1. The first-order chi connectivity index (χ1) is 51.2. The van der Waals surface area contributed by atoms with Gasteiger partial charge in [0, 0.05) is 49.7 Å². The lowest BCUT2D eigenvalue weighted by Crippen LogP contribution is -2.64. The van der Waals surface area contributed by atoms with E-state index in [1.165, 1.54) is 90.4 Å². The minimum atomic E-state index is -2.22. The third kappa shape index (κ3) is 22.3. The number of aryl methyl sites for hydroxylation is 1. The van der Waals surface area contributed by atoms with Crippen molar-refractivity contribution in [1.29, 1.82) is 0 Å². The number of benzene rings is 3. The van der Waals surface area contributed by atoms with Crippen LogP contribution in [-0.2, 0) is 80.2 Å². The number of aromatic nitrogens is 1. The molecule has 36 heteroatoms. The van der Waals surface area contributed by atoms with E-state index in [2.05, 4.69) is 59.5 Å². The first kappa shape index (κ1) is 81.8. The lowest BCUT2D eigenvalue weighted by molar-refractivity contribution is -0.387. The van der Waals surface area contributed by atoms with E-state index in [9.17, 15) is 68.0 Å². The fourth-order valence-electron chi connectivity index (χ4n) is 10.9. The predicted molar refractivity (Wildman–Crippen MR) is 376 cm³/mol. The number of hydrogen-bond acceptors (Lipinski definition) is 27. The maximum absolute atomic E-state index is 14.6. The Morgan fingerprint density at radius 1 is 0.692 bits per heavy atom. The van der Waals surface area contributed by atoms with Crippen molar-refractivity contribution in [2.24, 2.45) is 13.0 Å². The zero-order chi connectivity index (χ0) is 78.0. The summed E-state index contributed by atoms with van der Waals surface area (Å²) in [7, 11) is 2.90. The number of alkyl carbamates (subject to hydrolysis) is 1. The van der Waals surface area contributed by atoms with E-state index in [0.717, 1.165) is 35.3 Å². The van der Waals surface area contributed by atoms with Gasteiger partial charge in [0.15, 0.2) is 41.8 Å². The van der Waals surface area contributed by atoms with Gasteiger partial charge >= 0.3 is 42.3 Å². The summed E-state index contributed by atoms with van der Waals surface area (Å²) in [4.78, 5) is 161. The predicted octanol–water partition coefficient (Wildman–Crippen LogP) is 7.80. The van der Waals surface area contributed by atoms with Gasteiger partial charge in [0.25, 0.3) is 11.8 Å². The smallest absolute Gasteiger partial charge is 0.493 e. The van der Waals surface area contributed by atoms with Crippen LogP contribution in [0.2, 0.25) is 0 Å². The number of aliphatic hydroxyl groups is 1. The topological polar surface area (TPSA) is 443 Å². The molecule has 7 amide bonds. The number of nitrogens with one attached hydrogen (secondary N) is 5. The highest BCUT2D eigenvalue weighted by Gasteiger charge is 2.58. The highest BCUT2D eigenvalue weighted by molar-refractivity contribution is 6.07. The Bertz CT molecular complexity index is 3970. The summed E-state index contributed by atoms with van der Waals surface area (Å²) < 4.78 is 72.3. The summed E-state index contributed by atoms with van der Waals surface area (Å²) in [5.74, 6) is -5.06. The van der Waals surface area contributed by atoms with E-state index in [-0.39, 0.29) is 84.6 Å². The van der Waals surface area contributed by atoms with Gasteiger partial charge in [0.1, 0.15) is 57.4 Å². The Morgan fingerprint density at radius 3 is 1.92 bits per heavy atom. The van der Waals surface area contributed by atoms with Gasteiger partial charge < -0.3 is 103 Å². The minimum absolute atomic E-state index is 0.0252. The molecule has 2 fully saturated rings. The number of carbonyl (C=O) groups excluding carboxylic acids is 11. The number of aliphatic hydroxyl groups excluding tert-OH is 1. The van der Waals surface area contributed by atoms with Gasteiger partial charge in [0.2, 0.25) is 30.1 Å². The van der Waals surface area contributed by atoms with Crippen LogP contribution in [0.4, 0.5) is 52.4 Å². The van der Waals surface area contributed by atoms with Crippen molar-refractivity contribution in [2.75, 3.05) is 74.1 Å². The van der Waals surface area contributed by atoms with E-state index in [4.69, 9.17) is 61.6 Å². The minimum Gasteiger partial charge on any atom is -0.493 e. The van der Waals surface area contributed by atoms with Crippen molar-refractivity contribution in [3.63, 3.8) is 0 Å². The summed E-state index contributed by atoms with van der Waals surface area (Å²) in [6, 6.07) is 10.4. The molecular formula is C71H83N9O27. The molecule has 0 radical (unpaired) electrons. The zero-order valence-corrected chi connectivity index (χ0v) is 59.1. The number of ether oxygens (including phenoxy) is 13. The lowest BCUT2D eigenvalue weighted by Gasteiger charge is -2.42. The molecule has 3 aliphatic rings. The number of nitro groups is 1. The number of methoxy groups -OCH3 is 1. The normalized spacial score (nSPS) is 18.3. The van der Waals surface area contributed by atoms with Gasteiger partial charge in [-0.15, -0.1) is 0 Å². The van der Waals surface area contributed by atoms with Crippen molar-refractivity contribution in [3.05, 3.63) is 157 Å². The number of carbonyl (C=O) groups is 11. The lowest BCUT2D eigenvalue weighted by atomic mass is 9.98. The molecule has 2 saturated heterocycles. The Morgan fingerprint density at radius 2 is 1.30 bits per heavy atom. The molecule has 4 aromatic rings. The molecule has 0 saturated carbocycles. The Labute approximate surface area is 612 Å². The van der Waals surface area contributed by atoms with Crippen LogP contribution in [0.1, 0.15) is 79.3 Å². The zero-order valence-electron chi connectivity index (χ0n) is 59.1. The molecule has 0 aliphatic carbocycles. The van der Waals surface area contributed by atoms with Gasteiger partial charge in [-0.2, -0.15) is 0 Å². The second kappa shape index (κ2) is 39.4. The maximum atomic E-state index is 14.6. The van der Waals surface area contributed by atoms with Crippen LogP contribution in [0.15, 0.2) is 130 Å². The van der Waals surface area contributed by atoms with Crippen LogP contribution in [-0.4, -0.2) is 194 Å². The molecule has 1 unspecified atom stereocenters. The summed E-state index contributed by atoms with van der Waals surface area (Å²) in [5, 5.41) is 38.3. The average Bonchev–Trinajstić information content (AvgIpc) is 0.939. The second-order valence-electron chi connectivity index (χ2n) is 24.0. The molecule has 3 aliphatic heterocycles. The van der Waals surface area contributed by atoms with E-state index >= 15 is 0 Å². The molecule has 574 valence electrons. The van der Waals surface area contributed by atoms with Crippen LogP contribution < -0.4 is 45.7 Å². The number of piperidine rings is 1. The fourth-order valence-corrected chi connectivity index (χ4v) is 10.9. The van der Waals surface area contributed by atoms with Crippen LogP contribution >= 0.6 is 0 Å². The van der Waals surface area contributed by atoms with E-state index < -0.39 is 171 Å². The Balaban J connectivity index is 1.03. The van der Waals surface area contributed by atoms with Crippen molar-refractivity contribution in [2.45, 2.75) is 115 Å². The Kier molecular flexibility index (Phi) is 30.1. The summed E-state index contributed by atoms with van der Waals surface area (Å²) in [5.41, 5.74) is -0.0761. The van der Waals surface area contributed by atoms with Crippen molar-refractivity contribution in [1.82, 2.24) is 20.1 Å². The molecule has 4 heterocycles. The monoisotopic (exact) mass is 1490 g/mol. The van der Waals surface area contributed by atoms with Crippen molar-refractivity contribution in [3.8, 4) is 17.2 Å². The molecule has 3 aromatic carbocycles. The number of rotatable bonds is 34. The van der Waals surface area contributed by atoms with Gasteiger partial charge in [-0.1, -0.05) is 83.2 Å². The standard InChI is InChI=1S/C71H83N9O27/c1-11-28-97-65(87)58-56(105-69(90)99-30-13-3)57(106-70(91)100-31-14-4)59(107-71(92)101-32-15-5)66(104-58)103-51-26-21-42(34-49(51)80(93)94)39-102-68(89)79-48-37-53(52(95-10)36-46(48)63(85)78-27-17-16-19-47(78)64(79)86)96-33-18-20-54(81)73-45-35-50(77(9)38-45)61(83)75-44-24-22-43(23-25-44)74-60(82)41(8)72-62(84)55(40(6)7)76-67(88)98-29-12-2/h11-15,21-26,34-38,40-41,47,55-59,64,66,86H,1-5,16-20,27-33,39H2,6-10H3,(H,72,84)(H,73,81)(H,74,82)(H,75,83)(H,76,88)/t41-,47-,55-,56-,57-,58-,59+,64?,66+/m0/s1. The average molecular weight is 1490 g/mol. The first-order valence-corrected chi connectivity index (χ1v) is 33.3. The number of amides is 7. The number of nitrogens with zero attached hydrogens (tertiary/aromatic N) is 4.